The summed E-state index contributed by atoms with van der Waals surface area (Å²) in [6.45, 7) is 11.8. The summed E-state index contributed by atoms with van der Waals surface area (Å²) in [6.07, 6.45) is 8.58. The number of anilines is 1. The van der Waals surface area contributed by atoms with Crippen LogP contribution >= 0.6 is 0 Å². The molecule has 9 heteroatoms. The third-order valence-corrected chi connectivity index (χ3v) is 8.18. The number of carbonyl (C=O) groups is 1. The SMILES string of the molecule is Cc1c(C(=O)Nc2ccc([C@]3(C#N)CC[C@@H](N4CCOCC4)CC3)nc2)cnn1-c1ccc(C(C)(C)C)cn1. The fraction of sp³-hybridized carbons (Fsp3) is 0.500. The number of carbonyl (C=O) groups excluding carboxylic acids is 1. The van der Waals surface area contributed by atoms with Gasteiger partial charge in [0, 0.05) is 25.3 Å². The Kier molecular flexibility index (Phi) is 7.52. The Bertz CT molecular complexity index is 1340. The molecule has 1 aliphatic heterocycles. The average Bonchev–Trinajstić information content (AvgIpc) is 3.35. The lowest BCUT2D eigenvalue weighted by molar-refractivity contribution is 0.00493. The van der Waals surface area contributed by atoms with Gasteiger partial charge in [-0.1, -0.05) is 26.8 Å². The number of amides is 1. The number of ether oxygens (including phenoxy) is 1. The molecule has 1 aliphatic carbocycles. The fourth-order valence-electron chi connectivity index (χ4n) is 5.60. The second-order valence-electron chi connectivity index (χ2n) is 11.7. The predicted octanol–water partition coefficient (Wildman–Crippen LogP) is 4.56. The molecule has 204 valence electrons. The maximum absolute atomic E-state index is 13.1. The molecule has 5 rings (SSSR count). The van der Waals surface area contributed by atoms with Crippen LogP contribution in [0.4, 0.5) is 5.69 Å². The molecule has 1 saturated heterocycles. The first kappa shape index (κ1) is 27.0. The van der Waals surface area contributed by atoms with Gasteiger partial charge in [0.25, 0.3) is 5.91 Å². The molecular formula is C30H37N7O2. The van der Waals surface area contributed by atoms with Crippen LogP contribution in [0.15, 0.2) is 42.9 Å². The minimum absolute atomic E-state index is 0.00846. The van der Waals surface area contributed by atoms with Gasteiger partial charge in [0.05, 0.1) is 59.7 Å². The Morgan fingerprint density at radius 1 is 1.08 bits per heavy atom. The number of aromatic nitrogens is 4. The van der Waals surface area contributed by atoms with Crippen molar-refractivity contribution in [3.8, 4) is 11.9 Å². The molecule has 0 spiro atoms. The molecule has 2 aliphatic rings. The number of hydrogen-bond acceptors (Lipinski definition) is 7. The topological polar surface area (TPSA) is 109 Å². The van der Waals surface area contributed by atoms with Gasteiger partial charge in [-0.2, -0.15) is 10.4 Å². The molecule has 4 heterocycles. The monoisotopic (exact) mass is 527 g/mol. The molecule has 0 aromatic carbocycles. The number of pyridine rings is 2. The summed E-state index contributed by atoms with van der Waals surface area (Å²) in [5.74, 6) is 0.399. The molecule has 3 aromatic heterocycles. The highest BCUT2D eigenvalue weighted by molar-refractivity contribution is 6.04. The van der Waals surface area contributed by atoms with Gasteiger partial charge in [0.1, 0.15) is 0 Å². The Hall–Kier alpha value is -3.61. The first-order valence-corrected chi connectivity index (χ1v) is 13.7. The molecule has 9 nitrogen and oxygen atoms in total. The van der Waals surface area contributed by atoms with Crippen LogP contribution in [0.1, 0.15) is 73.8 Å². The van der Waals surface area contributed by atoms with Crippen LogP contribution in [0.3, 0.4) is 0 Å². The second kappa shape index (κ2) is 10.9. The lowest BCUT2D eigenvalue weighted by Crippen LogP contribution is -2.47. The van der Waals surface area contributed by atoms with Crippen molar-refractivity contribution in [1.82, 2.24) is 24.6 Å². The van der Waals surface area contributed by atoms with E-state index in [0.717, 1.165) is 63.2 Å². The summed E-state index contributed by atoms with van der Waals surface area (Å²) in [7, 11) is 0. The zero-order valence-corrected chi connectivity index (χ0v) is 23.3. The van der Waals surface area contributed by atoms with Gasteiger partial charge in [0.2, 0.25) is 0 Å². The first-order valence-electron chi connectivity index (χ1n) is 13.7. The van der Waals surface area contributed by atoms with E-state index < -0.39 is 5.41 Å². The fourth-order valence-corrected chi connectivity index (χ4v) is 5.60. The molecule has 2 fully saturated rings. The normalized spacial score (nSPS) is 22.3. The maximum Gasteiger partial charge on any atom is 0.259 e. The molecule has 0 atom stereocenters. The van der Waals surface area contributed by atoms with Crippen LogP contribution < -0.4 is 5.32 Å². The quantitative estimate of drug-likeness (QED) is 0.518. The van der Waals surface area contributed by atoms with E-state index in [1.165, 1.54) is 0 Å². The van der Waals surface area contributed by atoms with Crippen molar-refractivity contribution >= 4 is 11.6 Å². The van der Waals surface area contributed by atoms with Crippen LogP contribution in [0.5, 0.6) is 0 Å². The van der Waals surface area contributed by atoms with Crippen molar-refractivity contribution in [3.63, 3.8) is 0 Å². The summed E-state index contributed by atoms with van der Waals surface area (Å²) in [5.41, 5.74) is 3.08. The van der Waals surface area contributed by atoms with E-state index in [1.54, 1.807) is 17.1 Å². The van der Waals surface area contributed by atoms with E-state index in [2.05, 4.69) is 52.1 Å². The summed E-state index contributed by atoms with van der Waals surface area (Å²) in [5, 5.41) is 17.5. The lowest BCUT2D eigenvalue weighted by atomic mass is 9.71. The minimum atomic E-state index is -0.585. The predicted molar refractivity (Wildman–Crippen MR) is 149 cm³/mol. The Morgan fingerprint density at radius 3 is 2.41 bits per heavy atom. The summed E-state index contributed by atoms with van der Waals surface area (Å²) >= 11 is 0. The number of morpholine rings is 1. The van der Waals surface area contributed by atoms with Crippen LogP contribution in [-0.2, 0) is 15.6 Å². The zero-order valence-electron chi connectivity index (χ0n) is 23.3. The van der Waals surface area contributed by atoms with E-state index in [1.807, 2.05) is 37.4 Å². The number of nitrogens with one attached hydrogen (secondary N) is 1. The molecule has 3 aromatic rings. The van der Waals surface area contributed by atoms with Crippen molar-refractivity contribution in [2.45, 2.75) is 70.3 Å². The van der Waals surface area contributed by atoms with Gasteiger partial charge >= 0.3 is 0 Å². The van der Waals surface area contributed by atoms with Crippen LogP contribution in [-0.4, -0.2) is 62.9 Å². The van der Waals surface area contributed by atoms with Crippen LogP contribution in [0.25, 0.3) is 5.82 Å². The van der Waals surface area contributed by atoms with Crippen molar-refractivity contribution in [2.24, 2.45) is 0 Å². The molecular weight excluding hydrogens is 490 g/mol. The van der Waals surface area contributed by atoms with Gasteiger partial charge < -0.3 is 10.1 Å². The van der Waals surface area contributed by atoms with E-state index in [9.17, 15) is 10.1 Å². The number of hydrogen-bond donors (Lipinski definition) is 1. The van der Waals surface area contributed by atoms with Crippen molar-refractivity contribution < 1.29 is 9.53 Å². The lowest BCUT2D eigenvalue weighted by Gasteiger charge is -2.41. The smallest absolute Gasteiger partial charge is 0.259 e. The largest absolute Gasteiger partial charge is 0.379 e. The molecule has 1 N–H and O–H groups in total. The van der Waals surface area contributed by atoms with E-state index in [4.69, 9.17) is 4.74 Å². The highest BCUT2D eigenvalue weighted by atomic mass is 16.5. The number of nitrogens with zero attached hydrogens (tertiary/aromatic N) is 6. The van der Waals surface area contributed by atoms with Crippen LogP contribution in [0.2, 0.25) is 0 Å². The third-order valence-electron chi connectivity index (χ3n) is 8.18. The minimum Gasteiger partial charge on any atom is -0.379 e. The standard InChI is InChI=1S/C30H37N7O2/c1-21-25(19-34-37(21)27-8-5-22(17-33-27)29(2,3)4)28(38)35-23-6-7-26(32-18-23)30(20-31)11-9-24(10-12-30)36-13-15-39-16-14-36/h5-8,17-19,24H,9-16H2,1-4H3,(H,35,38)/t24-,30-. The Balaban J connectivity index is 1.24. The summed E-state index contributed by atoms with van der Waals surface area (Å²) < 4.78 is 7.16. The van der Waals surface area contributed by atoms with Gasteiger partial charge in [-0.15, -0.1) is 0 Å². The highest BCUT2D eigenvalue weighted by Gasteiger charge is 2.40. The Morgan fingerprint density at radius 2 is 1.82 bits per heavy atom. The first-order chi connectivity index (χ1) is 18.7. The Labute approximate surface area is 230 Å². The van der Waals surface area contributed by atoms with Gasteiger partial charge in [0.15, 0.2) is 5.82 Å². The van der Waals surface area contributed by atoms with Crippen molar-refractivity contribution in [2.75, 3.05) is 31.6 Å². The second-order valence-corrected chi connectivity index (χ2v) is 11.7. The van der Waals surface area contributed by atoms with Crippen molar-refractivity contribution in [1.29, 1.82) is 5.26 Å². The summed E-state index contributed by atoms with van der Waals surface area (Å²) in [6, 6.07) is 10.8. The molecule has 0 bridgehead atoms. The zero-order chi connectivity index (χ0) is 27.6. The van der Waals surface area contributed by atoms with E-state index in [-0.39, 0.29) is 11.3 Å². The molecule has 1 saturated carbocycles. The maximum atomic E-state index is 13.1. The van der Waals surface area contributed by atoms with Gasteiger partial charge in [-0.3, -0.25) is 14.7 Å². The third kappa shape index (κ3) is 5.58. The van der Waals surface area contributed by atoms with E-state index in [0.29, 0.717) is 28.8 Å². The molecule has 1 amide bonds. The number of rotatable bonds is 5. The molecule has 39 heavy (non-hydrogen) atoms. The van der Waals surface area contributed by atoms with Crippen LogP contribution in [0, 0.1) is 18.3 Å². The average molecular weight is 528 g/mol. The number of nitriles is 1. The summed E-state index contributed by atoms with van der Waals surface area (Å²) in [4.78, 5) is 24.8. The van der Waals surface area contributed by atoms with Gasteiger partial charge in [-0.25, -0.2) is 9.67 Å². The molecule has 0 radical (unpaired) electrons. The molecule has 0 unspecified atom stereocenters. The van der Waals surface area contributed by atoms with Gasteiger partial charge in [-0.05, 0) is 61.8 Å². The van der Waals surface area contributed by atoms with Crippen molar-refractivity contribution in [3.05, 3.63) is 65.4 Å². The van der Waals surface area contributed by atoms with E-state index >= 15 is 0 Å². The highest BCUT2D eigenvalue weighted by Crippen LogP contribution is 2.40.